The van der Waals surface area contributed by atoms with Crippen LogP contribution in [-0.2, 0) is 24.3 Å². The van der Waals surface area contributed by atoms with E-state index < -0.39 is 49.5 Å². The van der Waals surface area contributed by atoms with Crippen molar-refractivity contribution in [1.82, 2.24) is 4.90 Å². The Morgan fingerprint density at radius 2 is 1.80 bits per heavy atom. The molecule has 244 valence electrons. The van der Waals surface area contributed by atoms with Crippen LogP contribution in [0.5, 0.6) is 11.5 Å². The number of carbonyl (C=O) groups is 2. The minimum atomic E-state index is -5.42. The van der Waals surface area contributed by atoms with Crippen molar-refractivity contribution in [3.8, 4) is 22.6 Å². The summed E-state index contributed by atoms with van der Waals surface area (Å²) in [4.78, 5) is 26.5. The lowest BCUT2D eigenvalue weighted by atomic mass is 10.1. The number of phenols is 1. The van der Waals surface area contributed by atoms with Gasteiger partial charge in [-0.1, -0.05) is 11.6 Å². The number of esters is 2. The van der Waals surface area contributed by atoms with Gasteiger partial charge in [-0.2, -0.15) is 13.2 Å². The number of anilines is 1. The molecule has 0 aliphatic carbocycles. The number of nitrogens with one attached hydrogen (secondary N) is 1. The summed E-state index contributed by atoms with van der Waals surface area (Å²) in [7, 11) is -4.47. The van der Waals surface area contributed by atoms with Crippen LogP contribution >= 0.6 is 22.9 Å². The highest BCUT2D eigenvalue weighted by Crippen LogP contribution is 2.42. The number of hydrogen-bond acceptors (Lipinski definition) is 10. The molecule has 45 heavy (non-hydrogen) atoms. The van der Waals surface area contributed by atoms with E-state index in [1.165, 1.54) is 0 Å². The fraction of sp³-hybridized carbons (Fsp3) is 0.357. The third-order valence-electron chi connectivity index (χ3n) is 6.41. The highest BCUT2D eigenvalue weighted by atomic mass is 35.5. The molecular weight excluding hydrogens is 668 g/mol. The average molecular weight is 695 g/mol. The Kier molecular flexibility index (Phi) is 10.6. The van der Waals surface area contributed by atoms with Gasteiger partial charge in [0.2, 0.25) is 0 Å². The molecule has 10 nitrogen and oxygen atoms in total. The summed E-state index contributed by atoms with van der Waals surface area (Å²) in [6.45, 7) is 5.69. The predicted molar refractivity (Wildman–Crippen MR) is 157 cm³/mol. The van der Waals surface area contributed by atoms with E-state index in [-0.39, 0.29) is 45.7 Å². The molecule has 0 bridgehead atoms. The van der Waals surface area contributed by atoms with Crippen molar-refractivity contribution in [1.29, 1.82) is 0 Å². The zero-order valence-corrected chi connectivity index (χ0v) is 26.1. The number of carbonyl (C=O) groups excluding carboxylic acids is 2. The Morgan fingerprint density at radius 3 is 2.47 bits per heavy atom. The topological polar surface area (TPSA) is 131 Å². The number of sulfonamides is 1. The van der Waals surface area contributed by atoms with E-state index >= 15 is 0 Å². The first kappa shape index (κ1) is 34.4. The highest BCUT2D eigenvalue weighted by Gasteiger charge is 2.42. The van der Waals surface area contributed by atoms with Crippen molar-refractivity contribution in [3.05, 3.63) is 58.2 Å². The second kappa shape index (κ2) is 13.9. The number of rotatable bonds is 10. The molecule has 2 unspecified atom stereocenters. The van der Waals surface area contributed by atoms with E-state index in [2.05, 4.69) is 14.4 Å². The van der Waals surface area contributed by atoms with E-state index in [1.54, 1.807) is 0 Å². The summed E-state index contributed by atoms with van der Waals surface area (Å²) >= 11 is 6.73. The third kappa shape index (κ3) is 8.85. The second-order valence-corrected chi connectivity index (χ2v) is 13.7. The zero-order valence-electron chi connectivity index (χ0n) is 23.7. The van der Waals surface area contributed by atoms with Crippen LogP contribution in [0.1, 0.15) is 30.6 Å². The number of benzene rings is 2. The lowest BCUT2D eigenvalue weighted by Crippen LogP contribution is -2.45. The zero-order chi connectivity index (χ0) is 33.1. The van der Waals surface area contributed by atoms with Crippen LogP contribution in [0.25, 0.3) is 11.1 Å². The van der Waals surface area contributed by atoms with Gasteiger partial charge in [0.15, 0.2) is 0 Å². The van der Waals surface area contributed by atoms with Gasteiger partial charge in [0.05, 0.1) is 24.5 Å². The maximum Gasteiger partial charge on any atom is 0.491 e. The van der Waals surface area contributed by atoms with Crippen LogP contribution in [0.2, 0.25) is 4.34 Å². The number of morpholine rings is 1. The van der Waals surface area contributed by atoms with Crippen LogP contribution in [-0.4, -0.2) is 75.0 Å². The van der Waals surface area contributed by atoms with Crippen molar-refractivity contribution >= 4 is 50.6 Å². The van der Waals surface area contributed by atoms with E-state index in [4.69, 9.17) is 21.1 Å². The van der Waals surface area contributed by atoms with Gasteiger partial charge in [0, 0.05) is 36.8 Å². The van der Waals surface area contributed by atoms with Crippen molar-refractivity contribution in [2.45, 2.75) is 42.9 Å². The summed E-state index contributed by atoms with van der Waals surface area (Å²) < 4.78 is 95.9. The van der Waals surface area contributed by atoms with Gasteiger partial charge in [0.25, 0.3) is 10.0 Å². The molecule has 0 spiro atoms. The fourth-order valence-corrected chi connectivity index (χ4v) is 7.39. The number of nitrogens with zero attached hydrogens (tertiary/aromatic N) is 1. The lowest BCUT2D eigenvalue weighted by Gasteiger charge is -2.35. The maximum absolute atomic E-state index is 13.7. The summed E-state index contributed by atoms with van der Waals surface area (Å²) in [5.41, 5.74) is -0.982. The van der Waals surface area contributed by atoms with Gasteiger partial charge in [0.1, 0.15) is 31.4 Å². The quantitative estimate of drug-likeness (QED) is 0.116. The van der Waals surface area contributed by atoms with Gasteiger partial charge in [-0.15, -0.1) is 11.3 Å². The largest absolute Gasteiger partial charge is 0.507 e. The molecule has 2 N–H and O–H groups in total. The smallest absolute Gasteiger partial charge is 0.491 e. The third-order valence-corrected chi connectivity index (χ3v) is 9.63. The van der Waals surface area contributed by atoms with Crippen LogP contribution in [0.3, 0.4) is 0 Å². The fourth-order valence-electron chi connectivity index (χ4n) is 4.59. The molecule has 0 amide bonds. The lowest BCUT2D eigenvalue weighted by molar-refractivity contribution is -0.189. The molecule has 2 heterocycles. The minimum Gasteiger partial charge on any atom is -0.507 e. The molecular formula is C28H27ClF4N2O8S2. The van der Waals surface area contributed by atoms with Crippen molar-refractivity contribution < 1.29 is 54.9 Å². The molecule has 1 saturated heterocycles. The molecule has 1 aromatic heterocycles. The molecule has 1 aliphatic heterocycles. The van der Waals surface area contributed by atoms with Gasteiger partial charge in [-0.05, 0) is 56.7 Å². The number of aromatic hydroxyl groups is 1. The Hall–Kier alpha value is -3.44. The number of thiophene rings is 1. The average Bonchev–Trinajstić information content (AvgIpc) is 3.33. The number of ether oxygens (including phenoxy) is 3. The van der Waals surface area contributed by atoms with Crippen LogP contribution in [0.4, 0.5) is 23.2 Å². The summed E-state index contributed by atoms with van der Waals surface area (Å²) in [6, 6.07) is 6.81. The second-order valence-electron chi connectivity index (χ2n) is 10.1. The molecule has 1 aliphatic rings. The summed E-state index contributed by atoms with van der Waals surface area (Å²) in [6.07, 6.45) is -4.97. The summed E-state index contributed by atoms with van der Waals surface area (Å²) in [5, 5.41) is 10.1. The molecule has 4 rings (SSSR count). The van der Waals surface area contributed by atoms with Crippen molar-refractivity contribution in [2.24, 2.45) is 0 Å². The van der Waals surface area contributed by atoms with E-state index in [1.807, 2.05) is 13.8 Å². The maximum atomic E-state index is 13.7. The standard InChI is InChI=1S/C28H27ClF4N2O8S2/c1-15-13-35(14-16(2)42-15)8-3-9-41-26(37)19-6-5-18(11-23(19)43-27(38)28(31,32)33)34-45(39,40)24-12-21(25(29)44-24)20-10-17(30)4-7-22(20)36/h4-7,10-12,15-16,34,36H,3,8-9,13-14H2,1-2H3. The first-order valence-corrected chi connectivity index (χ1v) is 16.0. The van der Waals surface area contributed by atoms with E-state index in [9.17, 15) is 40.7 Å². The molecule has 0 radical (unpaired) electrons. The van der Waals surface area contributed by atoms with Gasteiger partial charge in [-0.25, -0.2) is 22.4 Å². The Morgan fingerprint density at radius 1 is 1.11 bits per heavy atom. The Bertz CT molecular complexity index is 1670. The minimum absolute atomic E-state index is 0.00887. The number of hydrogen-bond donors (Lipinski definition) is 2. The number of alkyl halides is 3. The van der Waals surface area contributed by atoms with Gasteiger partial charge < -0.3 is 19.3 Å². The molecule has 3 aromatic rings. The van der Waals surface area contributed by atoms with Crippen molar-refractivity contribution in [2.75, 3.05) is 31.0 Å². The molecule has 2 aromatic carbocycles. The highest BCUT2D eigenvalue weighted by molar-refractivity contribution is 7.94. The first-order valence-electron chi connectivity index (χ1n) is 13.3. The molecule has 0 saturated carbocycles. The SMILES string of the molecule is CC1CN(CCCOC(=O)c2ccc(NS(=O)(=O)c3cc(-c4cc(F)ccc4O)c(Cl)s3)cc2OC(=O)C(F)(F)F)CC(C)O1. The molecule has 17 heteroatoms. The van der Waals surface area contributed by atoms with E-state index in [0.29, 0.717) is 37.4 Å². The van der Waals surface area contributed by atoms with Gasteiger partial charge >= 0.3 is 18.1 Å². The Labute approximate surface area is 264 Å². The van der Waals surface area contributed by atoms with Crippen molar-refractivity contribution in [3.63, 3.8) is 0 Å². The van der Waals surface area contributed by atoms with Crippen LogP contribution < -0.4 is 9.46 Å². The van der Waals surface area contributed by atoms with E-state index in [0.717, 1.165) is 42.5 Å². The van der Waals surface area contributed by atoms with Crippen LogP contribution in [0, 0.1) is 5.82 Å². The predicted octanol–water partition coefficient (Wildman–Crippen LogP) is 5.84. The number of phenolic OH excluding ortho intramolecular Hbond substituents is 1. The molecule has 2 atom stereocenters. The Balaban J connectivity index is 1.52. The normalized spacial score (nSPS) is 17.6. The first-order chi connectivity index (χ1) is 21.0. The van der Waals surface area contributed by atoms with Crippen LogP contribution in [0.15, 0.2) is 46.7 Å². The summed E-state index contributed by atoms with van der Waals surface area (Å²) in [5.74, 6) is -5.71. The van der Waals surface area contributed by atoms with Gasteiger partial charge in [-0.3, -0.25) is 9.62 Å². The monoisotopic (exact) mass is 694 g/mol. The number of halogens is 5. The molecule has 1 fully saturated rings.